The van der Waals surface area contributed by atoms with Gasteiger partial charge in [0.1, 0.15) is 18.1 Å². The van der Waals surface area contributed by atoms with E-state index < -0.39 is 11.5 Å². The molecule has 0 unspecified atom stereocenters. The Balaban J connectivity index is 1.57. The van der Waals surface area contributed by atoms with Crippen LogP contribution in [0.2, 0.25) is 10.0 Å². The molecule has 1 saturated heterocycles. The van der Waals surface area contributed by atoms with Gasteiger partial charge >= 0.3 is 5.97 Å². The van der Waals surface area contributed by atoms with Crippen molar-refractivity contribution in [3.05, 3.63) is 93.5 Å². The summed E-state index contributed by atoms with van der Waals surface area (Å²) in [6.07, 6.45) is 0.132. The molecule has 0 aliphatic carbocycles. The fourth-order valence-corrected chi connectivity index (χ4v) is 4.81. The maximum atomic E-state index is 13.0. The van der Waals surface area contributed by atoms with Gasteiger partial charge in [-0.2, -0.15) is 0 Å². The number of rotatable bonds is 9. The summed E-state index contributed by atoms with van der Waals surface area (Å²) in [6.45, 7) is 0.606. The fourth-order valence-electron chi connectivity index (χ4n) is 4.21. The van der Waals surface area contributed by atoms with Crippen molar-refractivity contribution in [2.75, 3.05) is 14.2 Å². The standard InChI is InChI=1S/C27H25Cl2NO5/c1-33-20-10-8-18(9-11-20)16-30-25(31)15-27(30,26(32)34-2)14-22-23(28)12-21(13-24(22)29)35-17-19-6-4-3-5-7-19/h3-13H,14-17H2,1-2H3/t27-/m0/s1. The normalized spacial score (nSPS) is 17.0. The van der Waals surface area contributed by atoms with Gasteiger partial charge in [0.2, 0.25) is 5.91 Å². The molecule has 3 aromatic rings. The van der Waals surface area contributed by atoms with Gasteiger partial charge in [0.15, 0.2) is 5.54 Å². The molecule has 8 heteroatoms. The zero-order valence-electron chi connectivity index (χ0n) is 19.4. The molecule has 1 fully saturated rings. The van der Waals surface area contributed by atoms with Crippen molar-refractivity contribution in [2.24, 2.45) is 0 Å². The lowest BCUT2D eigenvalue weighted by Crippen LogP contribution is -2.68. The molecule has 0 aromatic heterocycles. The molecule has 0 saturated carbocycles. The molecular formula is C27H25Cl2NO5. The number of benzene rings is 3. The lowest BCUT2D eigenvalue weighted by molar-refractivity contribution is -0.179. The van der Waals surface area contributed by atoms with Crippen molar-refractivity contribution in [1.82, 2.24) is 4.90 Å². The van der Waals surface area contributed by atoms with Crippen molar-refractivity contribution in [3.8, 4) is 11.5 Å². The SMILES string of the molecule is COC(=O)[C@]1(Cc2c(Cl)cc(OCc3ccccc3)cc2Cl)CC(=O)N1Cc1ccc(OC)cc1. The third kappa shape index (κ3) is 5.24. The van der Waals surface area contributed by atoms with Crippen LogP contribution in [0.25, 0.3) is 0 Å². The molecule has 1 heterocycles. The largest absolute Gasteiger partial charge is 0.497 e. The number of hydrogen-bond donors (Lipinski definition) is 0. The highest BCUT2D eigenvalue weighted by molar-refractivity contribution is 6.36. The number of ether oxygens (including phenoxy) is 3. The second-order valence-corrected chi connectivity index (χ2v) is 9.16. The Kier molecular flexibility index (Phi) is 7.53. The topological polar surface area (TPSA) is 65.1 Å². The molecule has 0 N–H and O–H groups in total. The van der Waals surface area contributed by atoms with E-state index in [1.165, 1.54) is 12.0 Å². The minimum atomic E-state index is -1.20. The van der Waals surface area contributed by atoms with Gasteiger partial charge in [0.25, 0.3) is 0 Å². The molecule has 0 radical (unpaired) electrons. The molecule has 0 spiro atoms. The Morgan fingerprint density at radius 1 is 0.943 bits per heavy atom. The van der Waals surface area contributed by atoms with E-state index in [0.29, 0.717) is 33.7 Å². The summed E-state index contributed by atoms with van der Waals surface area (Å²) in [5, 5.41) is 0.708. The van der Waals surface area contributed by atoms with Gasteiger partial charge in [-0.05, 0) is 41.0 Å². The molecule has 0 bridgehead atoms. The lowest BCUT2D eigenvalue weighted by atomic mass is 9.78. The predicted octanol–water partition coefficient (Wildman–Crippen LogP) is 5.47. The number of β-lactam (4-membered cyclic amide) rings is 1. The summed E-state index contributed by atoms with van der Waals surface area (Å²) in [6, 6.07) is 20.4. The van der Waals surface area contributed by atoms with Crippen LogP contribution < -0.4 is 9.47 Å². The Morgan fingerprint density at radius 3 is 2.17 bits per heavy atom. The number of carbonyl (C=O) groups excluding carboxylic acids is 2. The Hall–Kier alpha value is -3.22. The first-order chi connectivity index (χ1) is 16.9. The second-order valence-electron chi connectivity index (χ2n) is 8.34. The minimum absolute atomic E-state index is 0.00867. The third-order valence-electron chi connectivity index (χ3n) is 6.16. The monoisotopic (exact) mass is 513 g/mol. The highest BCUT2D eigenvalue weighted by atomic mass is 35.5. The van der Waals surface area contributed by atoms with Crippen molar-refractivity contribution < 1.29 is 23.8 Å². The first kappa shape index (κ1) is 24.9. The summed E-state index contributed by atoms with van der Waals surface area (Å²) in [5.74, 6) is 0.555. The number of nitrogens with zero attached hydrogens (tertiary/aromatic N) is 1. The Bertz CT molecular complexity index is 1190. The van der Waals surface area contributed by atoms with Crippen LogP contribution in [0.3, 0.4) is 0 Å². The molecule has 4 rings (SSSR count). The quantitative estimate of drug-likeness (QED) is 0.280. The molecule has 182 valence electrons. The van der Waals surface area contributed by atoms with Crippen molar-refractivity contribution in [2.45, 2.75) is 31.5 Å². The van der Waals surface area contributed by atoms with E-state index in [4.69, 9.17) is 37.4 Å². The van der Waals surface area contributed by atoms with Crippen molar-refractivity contribution in [3.63, 3.8) is 0 Å². The average molecular weight is 514 g/mol. The predicted molar refractivity (Wildman–Crippen MR) is 134 cm³/mol. The van der Waals surface area contributed by atoms with Crippen LogP contribution in [-0.2, 0) is 33.9 Å². The van der Waals surface area contributed by atoms with Gasteiger partial charge in [-0.25, -0.2) is 4.79 Å². The van der Waals surface area contributed by atoms with E-state index in [0.717, 1.165) is 11.1 Å². The Morgan fingerprint density at radius 2 is 1.60 bits per heavy atom. The Labute approximate surface area is 214 Å². The minimum Gasteiger partial charge on any atom is -0.497 e. The van der Waals surface area contributed by atoms with Gasteiger partial charge in [0, 0.05) is 23.0 Å². The summed E-state index contributed by atoms with van der Waals surface area (Å²) < 4.78 is 16.2. The summed E-state index contributed by atoms with van der Waals surface area (Å²) in [7, 11) is 2.89. The smallest absolute Gasteiger partial charge is 0.332 e. The van der Waals surface area contributed by atoms with Gasteiger partial charge in [0.05, 0.1) is 20.6 Å². The average Bonchev–Trinajstić information content (AvgIpc) is 2.87. The van der Waals surface area contributed by atoms with Crippen LogP contribution in [0.1, 0.15) is 23.1 Å². The van der Waals surface area contributed by atoms with Crippen LogP contribution in [0, 0.1) is 0 Å². The third-order valence-corrected chi connectivity index (χ3v) is 6.83. The number of hydrogen-bond acceptors (Lipinski definition) is 5. The van der Waals surface area contributed by atoms with Crippen molar-refractivity contribution in [1.29, 1.82) is 0 Å². The van der Waals surface area contributed by atoms with Crippen LogP contribution in [0.15, 0.2) is 66.7 Å². The maximum Gasteiger partial charge on any atom is 0.332 e. The summed E-state index contributed by atoms with van der Waals surface area (Å²) in [5.41, 5.74) is 1.22. The van der Waals surface area contributed by atoms with E-state index in [1.54, 1.807) is 31.4 Å². The second kappa shape index (κ2) is 10.6. The zero-order valence-corrected chi connectivity index (χ0v) is 20.9. The number of esters is 1. The van der Waals surface area contributed by atoms with Crippen LogP contribution in [0.4, 0.5) is 0 Å². The molecule has 1 aliphatic heterocycles. The van der Waals surface area contributed by atoms with E-state index >= 15 is 0 Å². The molecular weight excluding hydrogens is 489 g/mol. The first-order valence-electron chi connectivity index (χ1n) is 11.0. The number of halogens is 2. The lowest BCUT2D eigenvalue weighted by Gasteiger charge is -2.50. The fraction of sp³-hybridized carbons (Fsp3) is 0.259. The van der Waals surface area contributed by atoms with Crippen molar-refractivity contribution >= 4 is 35.1 Å². The molecule has 1 aliphatic rings. The number of amides is 1. The molecule has 35 heavy (non-hydrogen) atoms. The molecule has 1 atom stereocenters. The van der Waals surface area contributed by atoms with E-state index in [-0.39, 0.29) is 25.3 Å². The van der Waals surface area contributed by atoms with E-state index in [9.17, 15) is 9.59 Å². The highest BCUT2D eigenvalue weighted by Crippen LogP contribution is 2.42. The molecule has 3 aromatic carbocycles. The van der Waals surface area contributed by atoms with Crippen LogP contribution in [-0.4, -0.2) is 36.5 Å². The van der Waals surface area contributed by atoms with Gasteiger partial charge in [-0.15, -0.1) is 0 Å². The highest BCUT2D eigenvalue weighted by Gasteiger charge is 2.57. The van der Waals surface area contributed by atoms with Crippen LogP contribution in [0.5, 0.6) is 11.5 Å². The maximum absolute atomic E-state index is 13.0. The van der Waals surface area contributed by atoms with Gasteiger partial charge < -0.3 is 19.1 Å². The molecule has 6 nitrogen and oxygen atoms in total. The number of carbonyl (C=O) groups is 2. The van der Waals surface area contributed by atoms with Crippen LogP contribution >= 0.6 is 23.2 Å². The number of likely N-dealkylation sites (tertiary alicyclic amines) is 1. The van der Waals surface area contributed by atoms with E-state index in [2.05, 4.69) is 0 Å². The first-order valence-corrected chi connectivity index (χ1v) is 11.8. The zero-order chi connectivity index (χ0) is 25.0. The van der Waals surface area contributed by atoms with Gasteiger partial charge in [-0.3, -0.25) is 4.79 Å². The molecule has 1 amide bonds. The summed E-state index contributed by atoms with van der Waals surface area (Å²) >= 11 is 13.2. The summed E-state index contributed by atoms with van der Waals surface area (Å²) in [4.78, 5) is 27.1. The van der Waals surface area contributed by atoms with E-state index in [1.807, 2.05) is 42.5 Å². The number of methoxy groups -OCH3 is 2. The van der Waals surface area contributed by atoms with Gasteiger partial charge in [-0.1, -0.05) is 65.7 Å².